The normalized spacial score (nSPS) is 19.1. The molecule has 1 aromatic heterocycles. The van der Waals surface area contributed by atoms with Gasteiger partial charge in [-0.1, -0.05) is 48.9 Å². The Hall–Kier alpha value is -3.12. The minimum absolute atomic E-state index is 0.0548. The number of rotatable bonds is 4. The van der Waals surface area contributed by atoms with Gasteiger partial charge in [-0.2, -0.15) is 0 Å². The van der Waals surface area contributed by atoms with Crippen LogP contribution in [0.25, 0.3) is 11.0 Å². The fourth-order valence-electron chi connectivity index (χ4n) is 3.78. The molecule has 6 nitrogen and oxygen atoms in total. The quantitative estimate of drug-likeness (QED) is 0.518. The second kappa shape index (κ2) is 7.04. The Morgan fingerprint density at radius 2 is 1.83 bits per heavy atom. The summed E-state index contributed by atoms with van der Waals surface area (Å²) in [7, 11) is 0. The summed E-state index contributed by atoms with van der Waals surface area (Å²) in [6.45, 7) is 3.60. The van der Waals surface area contributed by atoms with Crippen molar-refractivity contribution < 1.29 is 14.0 Å². The maximum atomic E-state index is 13.3. The average Bonchev–Trinajstić information content (AvgIpc) is 2.95. The van der Waals surface area contributed by atoms with Crippen LogP contribution in [0.4, 0.5) is 4.79 Å². The van der Waals surface area contributed by atoms with Gasteiger partial charge in [0.1, 0.15) is 11.1 Å². The lowest BCUT2D eigenvalue weighted by Gasteiger charge is -2.25. The van der Waals surface area contributed by atoms with Crippen LogP contribution >= 0.6 is 11.6 Å². The van der Waals surface area contributed by atoms with E-state index in [9.17, 15) is 14.4 Å². The fourth-order valence-corrected chi connectivity index (χ4v) is 3.94. The maximum absolute atomic E-state index is 13.3. The molecular formula is C22H19ClN2O4. The topological polar surface area (TPSA) is 79.6 Å². The number of hydrogen-bond acceptors (Lipinski definition) is 4. The maximum Gasteiger partial charge on any atom is 0.336 e. The van der Waals surface area contributed by atoms with E-state index in [0.29, 0.717) is 28.0 Å². The number of halogens is 1. The van der Waals surface area contributed by atoms with Crippen molar-refractivity contribution in [2.45, 2.75) is 32.4 Å². The van der Waals surface area contributed by atoms with Crippen molar-refractivity contribution in [3.8, 4) is 0 Å². The van der Waals surface area contributed by atoms with Gasteiger partial charge < -0.3 is 9.73 Å². The number of hydrogen-bond donors (Lipinski definition) is 1. The third kappa shape index (κ3) is 3.09. The summed E-state index contributed by atoms with van der Waals surface area (Å²) >= 11 is 6.24. The summed E-state index contributed by atoms with van der Waals surface area (Å²) in [5.41, 5.74) is 0.684. The molecule has 0 bridgehead atoms. The van der Waals surface area contributed by atoms with Crippen LogP contribution in [0.2, 0.25) is 5.02 Å². The van der Waals surface area contributed by atoms with E-state index in [1.165, 1.54) is 6.07 Å². The molecule has 4 rings (SSSR count). The predicted octanol–water partition coefficient (Wildman–Crippen LogP) is 4.11. The lowest BCUT2D eigenvalue weighted by atomic mass is 9.87. The molecule has 1 atom stereocenters. The van der Waals surface area contributed by atoms with E-state index in [0.717, 1.165) is 16.0 Å². The number of fused-ring (bicyclic) bond motifs is 1. The van der Waals surface area contributed by atoms with Gasteiger partial charge in [-0.3, -0.25) is 9.69 Å². The molecule has 2 aromatic carbocycles. The van der Waals surface area contributed by atoms with E-state index in [1.807, 2.05) is 37.3 Å². The van der Waals surface area contributed by atoms with Crippen LogP contribution in [0, 0.1) is 6.92 Å². The molecule has 0 unspecified atom stereocenters. The van der Waals surface area contributed by atoms with Gasteiger partial charge in [0.2, 0.25) is 0 Å². The van der Waals surface area contributed by atoms with Gasteiger partial charge >= 0.3 is 11.7 Å². The number of benzene rings is 2. The number of carbonyl (C=O) groups is 2. The van der Waals surface area contributed by atoms with Crippen LogP contribution in [0.5, 0.6) is 0 Å². The molecule has 7 heteroatoms. The smallest absolute Gasteiger partial charge is 0.336 e. The molecule has 3 amide bonds. The first kappa shape index (κ1) is 19.2. The van der Waals surface area contributed by atoms with Gasteiger partial charge in [0.05, 0.1) is 6.54 Å². The van der Waals surface area contributed by atoms with Gasteiger partial charge in [-0.15, -0.1) is 0 Å². The van der Waals surface area contributed by atoms with Gasteiger partial charge in [0.25, 0.3) is 5.91 Å². The highest BCUT2D eigenvalue weighted by molar-refractivity contribution is 6.32. The highest BCUT2D eigenvalue weighted by Crippen LogP contribution is 2.34. The molecule has 0 spiro atoms. The molecule has 0 radical (unpaired) electrons. The second-order valence-corrected chi connectivity index (χ2v) is 7.54. The Balaban J connectivity index is 1.77. The number of nitrogens with one attached hydrogen (secondary N) is 1. The molecule has 3 aromatic rings. The van der Waals surface area contributed by atoms with E-state index in [4.69, 9.17) is 16.0 Å². The molecule has 29 heavy (non-hydrogen) atoms. The van der Waals surface area contributed by atoms with Gasteiger partial charge in [-0.25, -0.2) is 9.59 Å². The first-order chi connectivity index (χ1) is 13.9. The Labute approximate surface area is 172 Å². The lowest BCUT2D eigenvalue weighted by molar-refractivity contribution is -0.132. The zero-order valence-electron chi connectivity index (χ0n) is 16.0. The first-order valence-corrected chi connectivity index (χ1v) is 9.66. The van der Waals surface area contributed by atoms with Crippen molar-refractivity contribution in [3.05, 3.63) is 80.7 Å². The zero-order chi connectivity index (χ0) is 20.8. The van der Waals surface area contributed by atoms with Crippen LogP contribution < -0.4 is 10.9 Å². The molecule has 148 valence electrons. The summed E-state index contributed by atoms with van der Waals surface area (Å²) in [5, 5.41) is 3.95. The zero-order valence-corrected chi connectivity index (χ0v) is 16.7. The standard InChI is InChI=1S/C22H19ClN2O4/c1-3-22(15-7-5-4-6-8-15)20(27)25(21(28)24-22)12-14-10-19(26)29-18-9-13(2)17(23)11-16(14)18/h4-11H,3,12H2,1-2H3,(H,24,28)/t22-/m0/s1. The number of imide groups is 1. The summed E-state index contributed by atoms with van der Waals surface area (Å²) in [5.74, 6) is -0.351. The molecule has 0 aliphatic carbocycles. The number of carbonyl (C=O) groups excluding carboxylic acids is 2. The van der Waals surface area contributed by atoms with E-state index < -0.39 is 17.2 Å². The molecular weight excluding hydrogens is 392 g/mol. The second-order valence-electron chi connectivity index (χ2n) is 7.13. The van der Waals surface area contributed by atoms with Crippen molar-refractivity contribution in [1.29, 1.82) is 0 Å². The minimum Gasteiger partial charge on any atom is -0.423 e. The average molecular weight is 411 g/mol. The Morgan fingerprint density at radius 3 is 2.52 bits per heavy atom. The molecule has 2 heterocycles. The van der Waals surface area contributed by atoms with Crippen molar-refractivity contribution in [2.24, 2.45) is 0 Å². The lowest BCUT2D eigenvalue weighted by Crippen LogP contribution is -2.43. The SMILES string of the molecule is CC[C@@]1(c2ccccc2)NC(=O)N(Cc2cc(=O)oc3cc(C)c(Cl)cc23)C1=O. The Morgan fingerprint density at radius 1 is 1.10 bits per heavy atom. The number of nitrogens with zero attached hydrogens (tertiary/aromatic N) is 1. The molecule has 1 aliphatic heterocycles. The van der Waals surface area contributed by atoms with Crippen molar-refractivity contribution in [3.63, 3.8) is 0 Å². The third-order valence-electron chi connectivity index (χ3n) is 5.41. The monoisotopic (exact) mass is 410 g/mol. The van der Waals surface area contributed by atoms with Crippen LogP contribution in [0.1, 0.15) is 30.0 Å². The molecule has 0 saturated carbocycles. The first-order valence-electron chi connectivity index (χ1n) is 9.28. The van der Waals surface area contributed by atoms with Crippen molar-refractivity contribution in [2.75, 3.05) is 0 Å². The van der Waals surface area contributed by atoms with Crippen LogP contribution in [0.15, 0.2) is 57.7 Å². The predicted molar refractivity (Wildman–Crippen MR) is 110 cm³/mol. The fraction of sp³-hybridized carbons (Fsp3) is 0.227. The summed E-state index contributed by atoms with van der Waals surface area (Å²) in [6.07, 6.45) is 0.404. The molecule has 1 N–H and O–H groups in total. The highest BCUT2D eigenvalue weighted by Gasteiger charge is 2.51. The summed E-state index contributed by atoms with van der Waals surface area (Å²) in [6, 6.07) is 13.3. The number of urea groups is 1. The van der Waals surface area contributed by atoms with Gasteiger partial charge in [0.15, 0.2) is 0 Å². The summed E-state index contributed by atoms with van der Waals surface area (Å²) in [4.78, 5) is 39.3. The van der Waals surface area contributed by atoms with Crippen LogP contribution in [-0.4, -0.2) is 16.8 Å². The highest BCUT2D eigenvalue weighted by atomic mass is 35.5. The van der Waals surface area contributed by atoms with E-state index in [-0.39, 0.29) is 12.5 Å². The van der Waals surface area contributed by atoms with E-state index >= 15 is 0 Å². The van der Waals surface area contributed by atoms with Crippen LogP contribution in [0.3, 0.4) is 0 Å². The van der Waals surface area contributed by atoms with Gasteiger partial charge in [-0.05, 0) is 42.2 Å². The van der Waals surface area contributed by atoms with Crippen molar-refractivity contribution in [1.82, 2.24) is 10.2 Å². The van der Waals surface area contributed by atoms with Gasteiger partial charge in [0, 0.05) is 16.5 Å². The number of amides is 3. The number of aryl methyl sites for hydroxylation is 1. The molecule has 1 fully saturated rings. The molecule has 1 aliphatic rings. The summed E-state index contributed by atoms with van der Waals surface area (Å²) < 4.78 is 5.27. The molecule has 1 saturated heterocycles. The largest absolute Gasteiger partial charge is 0.423 e. The van der Waals surface area contributed by atoms with E-state index in [1.54, 1.807) is 19.1 Å². The van der Waals surface area contributed by atoms with Crippen molar-refractivity contribution >= 4 is 34.5 Å². The van der Waals surface area contributed by atoms with Crippen LogP contribution in [-0.2, 0) is 16.9 Å². The van der Waals surface area contributed by atoms with E-state index in [2.05, 4.69) is 5.32 Å². The minimum atomic E-state index is -1.12. The third-order valence-corrected chi connectivity index (χ3v) is 5.82. The Kier molecular flexibility index (Phi) is 4.67. The Bertz CT molecular complexity index is 1190.